The predicted octanol–water partition coefficient (Wildman–Crippen LogP) is 3.75. The van der Waals surface area contributed by atoms with Crippen LogP contribution in [0.15, 0.2) is 34.2 Å². The maximum Gasteiger partial charge on any atom is 0.202 e. The van der Waals surface area contributed by atoms with Crippen molar-refractivity contribution in [2.75, 3.05) is 32.5 Å². The summed E-state index contributed by atoms with van der Waals surface area (Å²) in [6, 6.07) is 6.13. The molecule has 174 valence electrons. The average molecular weight is 468 g/mol. The van der Waals surface area contributed by atoms with Crippen molar-refractivity contribution in [3.05, 3.63) is 41.4 Å². The molecule has 0 N–H and O–H groups in total. The van der Waals surface area contributed by atoms with E-state index in [0.717, 1.165) is 42.7 Å². The first-order chi connectivity index (χ1) is 15.9. The monoisotopic (exact) mass is 467 g/mol. The Balaban J connectivity index is 1.15. The number of aryl methyl sites for hydroxylation is 1. The summed E-state index contributed by atoms with van der Waals surface area (Å²) >= 11 is 1.72. The Hall–Kier alpha value is -2.65. The Morgan fingerprint density at radius 3 is 2.94 bits per heavy atom. The van der Waals surface area contributed by atoms with Crippen molar-refractivity contribution in [3.63, 3.8) is 0 Å². The number of hydrogen-bond donors (Lipinski definition) is 0. The van der Waals surface area contributed by atoms with Gasteiger partial charge in [-0.05, 0) is 56.8 Å². The van der Waals surface area contributed by atoms with Gasteiger partial charge < -0.3 is 18.6 Å². The fourth-order valence-electron chi connectivity index (χ4n) is 5.10. The summed E-state index contributed by atoms with van der Waals surface area (Å²) in [5.74, 6) is 3.80. The third kappa shape index (κ3) is 3.97. The molecule has 1 aliphatic carbocycles. The molecule has 3 aromatic rings. The molecule has 0 amide bonds. The zero-order chi connectivity index (χ0) is 23.2. The van der Waals surface area contributed by atoms with Gasteiger partial charge in [0.05, 0.1) is 18.4 Å². The molecule has 2 aromatic heterocycles. The minimum atomic E-state index is 0.0415. The second-order valence-corrected chi connectivity index (χ2v) is 10.2. The van der Waals surface area contributed by atoms with Gasteiger partial charge in [-0.2, -0.15) is 0 Å². The van der Waals surface area contributed by atoms with Gasteiger partial charge in [-0.15, -0.1) is 10.2 Å². The largest absolute Gasteiger partial charge is 0.496 e. The van der Waals surface area contributed by atoms with Crippen LogP contribution in [0.5, 0.6) is 5.75 Å². The molecule has 8 nitrogen and oxygen atoms in total. The topological polar surface area (TPSA) is 86.3 Å². The van der Waals surface area contributed by atoms with E-state index in [0.29, 0.717) is 28.8 Å². The molecule has 0 unspecified atom stereocenters. The lowest BCUT2D eigenvalue weighted by atomic mass is 9.93. The first-order valence-corrected chi connectivity index (χ1v) is 12.3. The average Bonchev–Trinajstić information content (AvgIpc) is 3.10. The quantitative estimate of drug-likeness (QED) is 0.267. The van der Waals surface area contributed by atoms with E-state index in [4.69, 9.17) is 9.15 Å². The van der Waals surface area contributed by atoms with Gasteiger partial charge in [0.1, 0.15) is 5.75 Å². The van der Waals surface area contributed by atoms with Gasteiger partial charge in [-0.1, -0.05) is 17.8 Å². The fraction of sp³-hybridized carbons (Fsp3) is 0.500. The van der Waals surface area contributed by atoms with Gasteiger partial charge in [-0.25, -0.2) is 4.98 Å². The van der Waals surface area contributed by atoms with Crippen molar-refractivity contribution in [3.8, 4) is 17.3 Å². The molecule has 0 radical (unpaired) electrons. The number of ether oxygens (including phenoxy) is 1. The number of methoxy groups -OCH3 is 1. The number of aromatic nitrogens is 4. The highest BCUT2D eigenvalue weighted by molar-refractivity contribution is 7.99. The van der Waals surface area contributed by atoms with Gasteiger partial charge in [0.2, 0.25) is 5.82 Å². The van der Waals surface area contributed by atoms with E-state index in [1.54, 1.807) is 25.8 Å². The standard InChI is InChI=1S/C24H29N5O3S/c1-15-21(32-14-25-15)22-26-27-23(28(22)3)33-9-5-8-29-12-18-11-24(18,13-29)17-6-7-19(16(2)30)20(10-17)31-4/h6-7,10,14,18H,5,8-9,11-13H2,1-4H3/t18-,24+/m1/s1. The highest BCUT2D eigenvalue weighted by Gasteiger charge is 2.60. The number of nitrogens with zero attached hydrogens (tertiary/aromatic N) is 5. The summed E-state index contributed by atoms with van der Waals surface area (Å²) < 4.78 is 12.9. The van der Waals surface area contributed by atoms with E-state index in [9.17, 15) is 4.79 Å². The molecule has 1 saturated heterocycles. The van der Waals surface area contributed by atoms with Gasteiger partial charge >= 0.3 is 0 Å². The van der Waals surface area contributed by atoms with Crippen molar-refractivity contribution in [1.29, 1.82) is 0 Å². The molecule has 1 aliphatic heterocycles. The predicted molar refractivity (Wildman–Crippen MR) is 126 cm³/mol. The summed E-state index contributed by atoms with van der Waals surface area (Å²) in [5.41, 5.74) is 3.01. The minimum absolute atomic E-state index is 0.0415. The maximum atomic E-state index is 11.8. The first kappa shape index (κ1) is 22.2. The van der Waals surface area contributed by atoms with Gasteiger partial charge in [0, 0.05) is 31.3 Å². The van der Waals surface area contributed by atoms with Crippen LogP contribution in [0, 0.1) is 12.8 Å². The number of fused-ring (bicyclic) bond motifs is 1. The summed E-state index contributed by atoms with van der Waals surface area (Å²) in [4.78, 5) is 18.5. The molecule has 5 rings (SSSR count). The van der Waals surface area contributed by atoms with Gasteiger partial charge in [0.15, 0.2) is 23.1 Å². The molecule has 9 heteroatoms. The van der Waals surface area contributed by atoms with E-state index in [-0.39, 0.29) is 11.2 Å². The number of carbonyl (C=O) groups is 1. The number of carbonyl (C=O) groups excluding carboxylic acids is 1. The number of thioether (sulfide) groups is 1. The molecule has 33 heavy (non-hydrogen) atoms. The van der Waals surface area contributed by atoms with Crippen LogP contribution >= 0.6 is 11.8 Å². The van der Waals surface area contributed by atoms with Crippen LogP contribution in [0.4, 0.5) is 0 Å². The highest BCUT2D eigenvalue weighted by atomic mass is 32.2. The molecule has 0 bridgehead atoms. The molecule has 2 aliphatic rings. The Morgan fingerprint density at radius 1 is 1.36 bits per heavy atom. The van der Waals surface area contributed by atoms with Crippen molar-refractivity contribution in [2.24, 2.45) is 13.0 Å². The third-order valence-electron chi connectivity index (χ3n) is 7.01. The molecule has 1 aromatic carbocycles. The normalized spacial score (nSPS) is 21.9. The van der Waals surface area contributed by atoms with Crippen LogP contribution in [-0.2, 0) is 12.5 Å². The van der Waals surface area contributed by atoms with Crippen molar-refractivity contribution < 1.29 is 13.9 Å². The zero-order valence-electron chi connectivity index (χ0n) is 19.5. The third-order valence-corrected chi connectivity index (χ3v) is 8.11. The number of Topliss-reactive ketones (excluding diaryl/α,β-unsaturated/α-hetero) is 1. The molecule has 1 saturated carbocycles. The molecule has 2 fully saturated rings. The number of oxazole rings is 1. The second kappa shape index (κ2) is 8.61. The Bertz CT molecular complexity index is 1190. The molecular weight excluding hydrogens is 438 g/mol. The minimum Gasteiger partial charge on any atom is -0.496 e. The van der Waals surface area contributed by atoms with Gasteiger partial charge in [0.25, 0.3) is 0 Å². The first-order valence-electron chi connectivity index (χ1n) is 11.3. The molecule has 3 heterocycles. The Kier molecular flexibility index (Phi) is 5.78. The number of piperidine rings is 1. The zero-order valence-corrected chi connectivity index (χ0v) is 20.3. The molecular formula is C24H29N5O3S. The molecule has 2 atom stereocenters. The second-order valence-electron chi connectivity index (χ2n) is 9.10. The lowest BCUT2D eigenvalue weighted by molar-refractivity contribution is 0.101. The summed E-state index contributed by atoms with van der Waals surface area (Å²) in [7, 11) is 3.60. The van der Waals surface area contributed by atoms with E-state index in [1.807, 2.05) is 24.6 Å². The number of ketones is 1. The fourth-order valence-corrected chi connectivity index (χ4v) is 5.94. The lowest BCUT2D eigenvalue weighted by Gasteiger charge is -2.21. The van der Waals surface area contributed by atoms with E-state index < -0.39 is 0 Å². The maximum absolute atomic E-state index is 11.8. The van der Waals surface area contributed by atoms with Crippen molar-refractivity contribution >= 4 is 17.5 Å². The number of rotatable bonds is 9. The lowest BCUT2D eigenvalue weighted by Crippen LogP contribution is -2.28. The Morgan fingerprint density at radius 2 is 2.21 bits per heavy atom. The summed E-state index contributed by atoms with van der Waals surface area (Å²) in [6.45, 7) is 6.77. The van der Waals surface area contributed by atoms with Crippen molar-refractivity contribution in [2.45, 2.75) is 37.3 Å². The number of benzene rings is 1. The Labute approximate surface area is 197 Å². The summed E-state index contributed by atoms with van der Waals surface area (Å²) in [5, 5.41) is 9.50. The van der Waals surface area contributed by atoms with E-state index >= 15 is 0 Å². The summed E-state index contributed by atoms with van der Waals surface area (Å²) in [6.07, 6.45) is 3.75. The van der Waals surface area contributed by atoms with Crippen LogP contribution in [0.3, 0.4) is 0 Å². The highest BCUT2D eigenvalue weighted by Crippen LogP contribution is 2.59. The number of hydrogen-bond acceptors (Lipinski definition) is 8. The SMILES string of the molecule is COc1cc([C@@]23C[C@@H]2CN(CCCSc2nnc(-c4ocnc4C)n2C)C3)ccc1C(C)=O. The van der Waals surface area contributed by atoms with Crippen LogP contribution in [0.1, 0.15) is 41.4 Å². The van der Waals surface area contributed by atoms with Crippen molar-refractivity contribution in [1.82, 2.24) is 24.6 Å². The van der Waals surface area contributed by atoms with Crippen LogP contribution in [0.25, 0.3) is 11.6 Å². The van der Waals surface area contributed by atoms with E-state index in [2.05, 4.69) is 32.2 Å². The van der Waals surface area contributed by atoms with Crippen LogP contribution in [0.2, 0.25) is 0 Å². The van der Waals surface area contributed by atoms with Crippen LogP contribution < -0.4 is 4.74 Å². The number of likely N-dealkylation sites (tertiary alicyclic amines) is 1. The molecule has 0 spiro atoms. The van der Waals surface area contributed by atoms with Crippen LogP contribution in [-0.4, -0.2) is 62.9 Å². The van der Waals surface area contributed by atoms with E-state index in [1.165, 1.54) is 18.4 Å². The smallest absolute Gasteiger partial charge is 0.202 e. The van der Waals surface area contributed by atoms with Gasteiger partial charge in [-0.3, -0.25) is 4.79 Å².